The number of allylic oxidation sites excluding steroid dienone is 4. The summed E-state index contributed by atoms with van der Waals surface area (Å²) in [5, 5.41) is 2.46. The van der Waals surface area contributed by atoms with Crippen molar-refractivity contribution >= 4 is 39.2 Å². The van der Waals surface area contributed by atoms with E-state index in [1.165, 1.54) is 50.0 Å². The SMILES string of the molecule is CC1=CC=C(N(c2ccccc2)c2cc(C(C)(C)C)cc(N(c3ccc(C)cc3)c3ccc4ccccc4c3)c2-c2ccccc2)C(C)C1. The molecule has 0 radical (unpaired) electrons. The first-order valence-corrected chi connectivity index (χ1v) is 17.5. The van der Waals surface area contributed by atoms with Gasteiger partial charge in [0.25, 0.3) is 0 Å². The summed E-state index contributed by atoms with van der Waals surface area (Å²) < 4.78 is 0. The van der Waals surface area contributed by atoms with Crippen LogP contribution >= 0.6 is 0 Å². The van der Waals surface area contributed by atoms with Crippen molar-refractivity contribution in [2.45, 2.75) is 53.4 Å². The molecule has 0 fully saturated rings. The minimum atomic E-state index is -0.105. The van der Waals surface area contributed by atoms with Gasteiger partial charge in [0.1, 0.15) is 0 Å². The van der Waals surface area contributed by atoms with E-state index in [0.717, 1.165) is 29.2 Å². The average molecular weight is 639 g/mol. The van der Waals surface area contributed by atoms with Gasteiger partial charge in [-0.25, -0.2) is 0 Å². The topological polar surface area (TPSA) is 6.48 Å². The lowest BCUT2D eigenvalue weighted by Gasteiger charge is -2.38. The van der Waals surface area contributed by atoms with E-state index in [1.54, 1.807) is 0 Å². The number of nitrogens with zero attached hydrogens (tertiary/aromatic N) is 2. The third-order valence-corrected chi connectivity index (χ3v) is 9.73. The monoisotopic (exact) mass is 638 g/mol. The summed E-state index contributed by atoms with van der Waals surface area (Å²) in [5.41, 5.74) is 13.3. The maximum Gasteiger partial charge on any atom is 0.0564 e. The highest BCUT2D eigenvalue weighted by molar-refractivity contribution is 5.99. The van der Waals surface area contributed by atoms with Gasteiger partial charge in [0, 0.05) is 34.2 Å². The molecule has 244 valence electrons. The molecule has 0 spiro atoms. The molecular weight excluding hydrogens is 593 g/mol. The lowest BCUT2D eigenvalue weighted by Crippen LogP contribution is -2.25. The van der Waals surface area contributed by atoms with Crippen LogP contribution in [-0.4, -0.2) is 0 Å². The van der Waals surface area contributed by atoms with E-state index in [0.29, 0.717) is 5.92 Å². The van der Waals surface area contributed by atoms with Crippen LogP contribution in [0.5, 0.6) is 0 Å². The van der Waals surface area contributed by atoms with Crippen LogP contribution in [0.15, 0.2) is 163 Å². The summed E-state index contributed by atoms with van der Waals surface area (Å²) in [4.78, 5) is 5.00. The van der Waals surface area contributed by atoms with Gasteiger partial charge in [-0.05, 0) is 102 Å². The Morgan fingerprint density at radius 3 is 1.78 bits per heavy atom. The maximum atomic E-state index is 2.53. The summed E-state index contributed by atoms with van der Waals surface area (Å²) >= 11 is 0. The van der Waals surface area contributed by atoms with Crippen LogP contribution in [0.4, 0.5) is 28.4 Å². The lowest BCUT2D eigenvalue weighted by molar-refractivity contribution is 0.590. The van der Waals surface area contributed by atoms with E-state index >= 15 is 0 Å². The fraction of sp³-hybridized carbons (Fsp3) is 0.191. The van der Waals surface area contributed by atoms with Gasteiger partial charge >= 0.3 is 0 Å². The molecule has 7 rings (SSSR count). The molecular formula is C47H46N2. The van der Waals surface area contributed by atoms with Crippen molar-refractivity contribution in [1.82, 2.24) is 0 Å². The highest BCUT2D eigenvalue weighted by Gasteiger charge is 2.30. The fourth-order valence-electron chi connectivity index (χ4n) is 7.08. The van der Waals surface area contributed by atoms with E-state index in [1.807, 2.05) is 0 Å². The van der Waals surface area contributed by atoms with Crippen molar-refractivity contribution in [2.24, 2.45) is 5.92 Å². The second-order valence-electron chi connectivity index (χ2n) is 14.6. The molecule has 0 aliphatic heterocycles. The number of aryl methyl sites for hydroxylation is 1. The third kappa shape index (κ3) is 6.56. The number of rotatable bonds is 7. The van der Waals surface area contributed by atoms with Crippen molar-refractivity contribution in [3.05, 3.63) is 174 Å². The molecule has 0 saturated carbocycles. The van der Waals surface area contributed by atoms with E-state index in [-0.39, 0.29) is 5.41 Å². The summed E-state index contributed by atoms with van der Waals surface area (Å²) in [6, 6.07) is 51.2. The molecule has 1 atom stereocenters. The normalized spacial score (nSPS) is 14.7. The van der Waals surface area contributed by atoms with E-state index in [4.69, 9.17) is 0 Å². The largest absolute Gasteiger partial charge is 0.313 e. The molecule has 2 nitrogen and oxygen atoms in total. The Morgan fingerprint density at radius 2 is 1.12 bits per heavy atom. The van der Waals surface area contributed by atoms with Gasteiger partial charge < -0.3 is 9.80 Å². The van der Waals surface area contributed by atoms with Crippen LogP contribution in [0.1, 0.15) is 52.2 Å². The highest BCUT2D eigenvalue weighted by atomic mass is 15.2. The van der Waals surface area contributed by atoms with Gasteiger partial charge in [0.15, 0.2) is 0 Å². The Balaban J connectivity index is 1.62. The Hall–Kier alpha value is -5.34. The first kappa shape index (κ1) is 32.2. The number of fused-ring (bicyclic) bond motifs is 1. The van der Waals surface area contributed by atoms with Crippen molar-refractivity contribution in [3.63, 3.8) is 0 Å². The highest BCUT2D eigenvalue weighted by Crippen LogP contribution is 2.51. The van der Waals surface area contributed by atoms with Crippen LogP contribution in [0.25, 0.3) is 21.9 Å². The Bertz CT molecular complexity index is 2150. The van der Waals surface area contributed by atoms with Crippen LogP contribution in [-0.2, 0) is 5.41 Å². The van der Waals surface area contributed by atoms with E-state index in [2.05, 4.69) is 203 Å². The zero-order valence-electron chi connectivity index (χ0n) is 29.6. The Labute approximate surface area is 292 Å². The number of benzene rings is 6. The van der Waals surface area contributed by atoms with Crippen molar-refractivity contribution in [2.75, 3.05) is 9.80 Å². The zero-order valence-corrected chi connectivity index (χ0v) is 29.6. The molecule has 0 heterocycles. The molecule has 49 heavy (non-hydrogen) atoms. The van der Waals surface area contributed by atoms with E-state index in [9.17, 15) is 0 Å². The molecule has 1 aliphatic carbocycles. The molecule has 1 unspecified atom stereocenters. The summed E-state index contributed by atoms with van der Waals surface area (Å²) in [6.07, 6.45) is 5.68. The van der Waals surface area contributed by atoms with Gasteiger partial charge in [-0.15, -0.1) is 0 Å². The van der Waals surface area contributed by atoms with E-state index < -0.39 is 0 Å². The van der Waals surface area contributed by atoms with Gasteiger partial charge in [0.2, 0.25) is 0 Å². The minimum Gasteiger partial charge on any atom is -0.313 e. The number of hydrogen-bond acceptors (Lipinski definition) is 2. The van der Waals surface area contributed by atoms with Gasteiger partial charge in [0.05, 0.1) is 11.4 Å². The minimum absolute atomic E-state index is 0.105. The second kappa shape index (κ2) is 13.3. The van der Waals surface area contributed by atoms with Crippen LogP contribution in [0, 0.1) is 12.8 Å². The molecule has 0 aromatic heterocycles. The number of hydrogen-bond donors (Lipinski definition) is 0. The standard InChI is InChI=1S/C47H46N2/c1-33-21-25-41(26-22-33)48(42-27-24-36-15-13-14-18-38(36)30-42)44-31-39(47(4,5)6)32-45(46(44)37-16-9-7-10-17-37)49(40-19-11-8-12-20-40)43-28-23-34(2)29-35(43)3/h7-28,30-32,35H,29H2,1-6H3. The van der Waals surface area contributed by atoms with Gasteiger partial charge in [-0.3, -0.25) is 0 Å². The molecule has 1 aliphatic rings. The van der Waals surface area contributed by atoms with Gasteiger partial charge in [-0.1, -0.05) is 136 Å². The molecule has 6 aromatic rings. The van der Waals surface area contributed by atoms with Gasteiger partial charge in [-0.2, -0.15) is 0 Å². The summed E-state index contributed by atoms with van der Waals surface area (Å²) in [7, 11) is 0. The van der Waals surface area contributed by atoms with Crippen molar-refractivity contribution in [3.8, 4) is 11.1 Å². The smallest absolute Gasteiger partial charge is 0.0564 e. The molecule has 0 N–H and O–H groups in total. The predicted molar refractivity (Wildman–Crippen MR) is 212 cm³/mol. The first-order chi connectivity index (χ1) is 23.7. The maximum absolute atomic E-state index is 2.53. The molecule has 0 amide bonds. The Kier molecular flexibility index (Phi) is 8.73. The molecule has 2 heteroatoms. The summed E-state index contributed by atoms with van der Waals surface area (Å²) in [5.74, 6) is 0.351. The molecule has 0 bridgehead atoms. The molecule has 0 saturated heterocycles. The van der Waals surface area contributed by atoms with Crippen molar-refractivity contribution in [1.29, 1.82) is 0 Å². The van der Waals surface area contributed by atoms with Crippen LogP contribution in [0.3, 0.4) is 0 Å². The average Bonchev–Trinajstić information content (AvgIpc) is 3.10. The quantitative estimate of drug-likeness (QED) is 0.172. The van der Waals surface area contributed by atoms with Crippen molar-refractivity contribution < 1.29 is 0 Å². The number of para-hydroxylation sites is 1. The number of anilines is 5. The second-order valence-corrected chi connectivity index (χ2v) is 14.6. The lowest BCUT2D eigenvalue weighted by atomic mass is 9.83. The third-order valence-electron chi connectivity index (χ3n) is 9.73. The fourth-order valence-corrected chi connectivity index (χ4v) is 7.08. The molecule has 6 aromatic carbocycles. The summed E-state index contributed by atoms with van der Waals surface area (Å²) in [6.45, 7) is 13.7. The van der Waals surface area contributed by atoms with Crippen LogP contribution in [0.2, 0.25) is 0 Å². The van der Waals surface area contributed by atoms with Crippen LogP contribution < -0.4 is 9.80 Å². The Morgan fingerprint density at radius 1 is 0.551 bits per heavy atom. The first-order valence-electron chi connectivity index (χ1n) is 17.5. The predicted octanol–water partition coefficient (Wildman–Crippen LogP) is 13.6. The zero-order chi connectivity index (χ0) is 34.1.